The van der Waals surface area contributed by atoms with E-state index in [9.17, 15) is 14.4 Å². The van der Waals surface area contributed by atoms with Gasteiger partial charge in [0.25, 0.3) is 11.8 Å². The van der Waals surface area contributed by atoms with Crippen molar-refractivity contribution in [1.29, 1.82) is 0 Å². The lowest BCUT2D eigenvalue weighted by molar-refractivity contribution is -0.120. The number of carbonyl (C=O) groups is 3. The largest absolute Gasteiger partial charge is 0.490 e. The second-order valence-electron chi connectivity index (χ2n) is 7.84. The maximum absolute atomic E-state index is 13.3. The summed E-state index contributed by atoms with van der Waals surface area (Å²) >= 11 is 2.05. The van der Waals surface area contributed by atoms with Gasteiger partial charge in [-0.25, -0.2) is 4.79 Å². The normalized spacial score (nSPS) is 15.3. The van der Waals surface area contributed by atoms with Gasteiger partial charge in [0, 0.05) is 11.4 Å². The summed E-state index contributed by atoms with van der Waals surface area (Å²) in [4.78, 5) is 36.8. The van der Waals surface area contributed by atoms with Gasteiger partial charge in [-0.15, -0.1) is 0 Å². The van der Waals surface area contributed by atoms with Crippen molar-refractivity contribution in [2.45, 2.75) is 33.7 Å². The molecule has 0 aromatic heterocycles. The van der Waals surface area contributed by atoms with Crippen molar-refractivity contribution >= 4 is 46.1 Å². The minimum atomic E-state index is -0.738. The van der Waals surface area contributed by atoms with Crippen molar-refractivity contribution < 1.29 is 23.9 Å². The highest BCUT2D eigenvalue weighted by atomic mass is 127. The number of rotatable bonds is 8. The third-order valence-corrected chi connectivity index (χ3v) is 6.10. The number of hydrogen-bond acceptors (Lipinski definition) is 5. The molecule has 0 aliphatic carbocycles. The molecule has 0 saturated heterocycles. The fraction of sp³-hybridized carbons (Fsp3) is 0.292. The van der Waals surface area contributed by atoms with Gasteiger partial charge in [-0.05, 0) is 91.2 Å². The van der Waals surface area contributed by atoms with Crippen LogP contribution in [0.5, 0.6) is 11.5 Å². The van der Waals surface area contributed by atoms with Gasteiger partial charge in [0.2, 0.25) is 0 Å². The predicted molar refractivity (Wildman–Crippen MR) is 137 cm³/mol. The predicted octanol–water partition coefficient (Wildman–Crippen LogP) is 3.44. The van der Waals surface area contributed by atoms with Crippen LogP contribution in [0.1, 0.15) is 36.6 Å². The lowest BCUT2D eigenvalue weighted by Crippen LogP contribution is -2.46. The van der Waals surface area contributed by atoms with Crippen molar-refractivity contribution in [2.24, 2.45) is 5.73 Å². The van der Waals surface area contributed by atoms with Crippen molar-refractivity contribution in [2.75, 3.05) is 18.5 Å². The van der Waals surface area contributed by atoms with Gasteiger partial charge in [-0.1, -0.05) is 6.07 Å². The summed E-state index contributed by atoms with van der Waals surface area (Å²) in [5, 5.41) is 8.42. The van der Waals surface area contributed by atoms with Crippen LogP contribution in [0.15, 0.2) is 41.6 Å². The van der Waals surface area contributed by atoms with E-state index in [4.69, 9.17) is 15.2 Å². The fourth-order valence-electron chi connectivity index (χ4n) is 3.56. The number of aryl methyl sites for hydroxylation is 2. The lowest BCUT2D eigenvalue weighted by atomic mass is 9.94. The quantitative estimate of drug-likeness (QED) is 0.357. The molecule has 2 aromatic rings. The maximum atomic E-state index is 13.3. The molecule has 4 amide bonds. The summed E-state index contributed by atoms with van der Waals surface area (Å²) < 4.78 is 11.9. The molecule has 0 radical (unpaired) electrons. The van der Waals surface area contributed by atoms with E-state index in [0.717, 1.165) is 11.1 Å². The molecule has 1 heterocycles. The minimum Gasteiger partial charge on any atom is -0.490 e. The summed E-state index contributed by atoms with van der Waals surface area (Å²) in [7, 11) is 0. The van der Waals surface area contributed by atoms with Crippen LogP contribution in [0.25, 0.3) is 0 Å². The second-order valence-corrected chi connectivity index (χ2v) is 9.00. The third kappa shape index (κ3) is 5.79. The summed E-state index contributed by atoms with van der Waals surface area (Å²) in [6, 6.07) is 7.97. The number of ether oxygens (including phenoxy) is 2. The van der Waals surface area contributed by atoms with E-state index in [0.29, 0.717) is 44.2 Å². The zero-order valence-corrected chi connectivity index (χ0v) is 21.5. The van der Waals surface area contributed by atoms with Crippen molar-refractivity contribution in [3.8, 4) is 11.5 Å². The van der Waals surface area contributed by atoms with Gasteiger partial charge in [0.1, 0.15) is 0 Å². The highest BCUT2D eigenvalue weighted by molar-refractivity contribution is 14.1. The standard InChI is InChI=1S/C24H27IN4O5/c1-5-33-18-10-15(9-17(25)22(18)34-11-19(26)30)21-20(14(4)27-24(32)29-21)23(31)28-16-7-6-12(2)13(3)8-16/h6-10,21H,5,11H2,1-4H3,(H2,26,30)(H,28,31)(H2,27,29,32)/t21-/m1/s1. The molecule has 1 aliphatic heterocycles. The first kappa shape index (κ1) is 25.3. The molecule has 1 aliphatic rings. The molecular formula is C24H27IN4O5. The number of amides is 4. The molecule has 34 heavy (non-hydrogen) atoms. The molecular weight excluding hydrogens is 551 g/mol. The Balaban J connectivity index is 2.00. The van der Waals surface area contributed by atoms with E-state index in [2.05, 4.69) is 38.5 Å². The van der Waals surface area contributed by atoms with Crippen LogP contribution < -0.4 is 31.2 Å². The molecule has 0 spiro atoms. The Morgan fingerprint density at radius 1 is 1.12 bits per heavy atom. The number of anilines is 1. The van der Waals surface area contributed by atoms with Crippen LogP contribution in [0, 0.1) is 17.4 Å². The number of primary amides is 1. The van der Waals surface area contributed by atoms with Crippen LogP contribution in [-0.4, -0.2) is 31.1 Å². The minimum absolute atomic E-state index is 0.303. The van der Waals surface area contributed by atoms with E-state index in [1.807, 2.05) is 39.0 Å². The highest BCUT2D eigenvalue weighted by Crippen LogP contribution is 2.38. The van der Waals surface area contributed by atoms with E-state index in [1.54, 1.807) is 19.1 Å². The first-order chi connectivity index (χ1) is 16.1. The first-order valence-electron chi connectivity index (χ1n) is 10.6. The Morgan fingerprint density at radius 3 is 2.50 bits per heavy atom. The molecule has 0 fully saturated rings. The molecule has 0 saturated carbocycles. The Hall–Kier alpha value is -3.28. The number of halogens is 1. The lowest BCUT2D eigenvalue weighted by Gasteiger charge is -2.29. The summed E-state index contributed by atoms with van der Waals surface area (Å²) in [5.41, 5.74) is 9.47. The number of benzene rings is 2. The average Bonchev–Trinajstić information content (AvgIpc) is 2.75. The summed E-state index contributed by atoms with van der Waals surface area (Å²) in [5.74, 6) is -0.214. The van der Waals surface area contributed by atoms with Crippen molar-refractivity contribution in [3.05, 3.63) is 61.9 Å². The molecule has 10 heteroatoms. The van der Waals surface area contributed by atoms with Gasteiger partial charge in [-0.3, -0.25) is 9.59 Å². The Bertz CT molecular complexity index is 1180. The first-order valence-corrected chi connectivity index (χ1v) is 11.7. The fourth-order valence-corrected chi connectivity index (χ4v) is 4.34. The van der Waals surface area contributed by atoms with Crippen LogP contribution in [-0.2, 0) is 9.59 Å². The molecule has 3 rings (SSSR count). The van der Waals surface area contributed by atoms with Crippen LogP contribution in [0.3, 0.4) is 0 Å². The van der Waals surface area contributed by atoms with Gasteiger partial charge in [-0.2, -0.15) is 0 Å². The number of hydrogen-bond donors (Lipinski definition) is 4. The van der Waals surface area contributed by atoms with E-state index in [-0.39, 0.29) is 12.5 Å². The molecule has 2 aromatic carbocycles. The summed E-state index contributed by atoms with van der Waals surface area (Å²) in [6.07, 6.45) is 0. The summed E-state index contributed by atoms with van der Waals surface area (Å²) in [6.45, 7) is 7.51. The SMILES string of the molecule is CCOc1cc([C@H]2NC(=O)NC(C)=C2C(=O)Nc2ccc(C)c(C)c2)cc(I)c1OCC(N)=O. The molecule has 0 bridgehead atoms. The van der Waals surface area contributed by atoms with Crippen LogP contribution >= 0.6 is 22.6 Å². The van der Waals surface area contributed by atoms with E-state index in [1.165, 1.54) is 0 Å². The highest BCUT2D eigenvalue weighted by Gasteiger charge is 2.32. The van der Waals surface area contributed by atoms with Gasteiger partial charge >= 0.3 is 6.03 Å². The average molecular weight is 578 g/mol. The van der Waals surface area contributed by atoms with Gasteiger partial charge in [0.15, 0.2) is 18.1 Å². The molecule has 1 atom stereocenters. The van der Waals surface area contributed by atoms with Crippen LogP contribution in [0.4, 0.5) is 10.5 Å². The number of urea groups is 1. The van der Waals surface area contributed by atoms with Crippen molar-refractivity contribution in [1.82, 2.24) is 10.6 Å². The maximum Gasteiger partial charge on any atom is 0.319 e. The van der Waals surface area contributed by atoms with Gasteiger partial charge in [0.05, 0.1) is 21.8 Å². The Morgan fingerprint density at radius 2 is 1.85 bits per heavy atom. The number of allylic oxidation sites excluding steroid dienone is 1. The van der Waals surface area contributed by atoms with Crippen molar-refractivity contribution in [3.63, 3.8) is 0 Å². The number of carbonyl (C=O) groups excluding carboxylic acids is 3. The zero-order chi connectivity index (χ0) is 25.0. The second kappa shape index (κ2) is 10.8. The Kier molecular flexibility index (Phi) is 8.02. The topological polar surface area (TPSA) is 132 Å². The number of nitrogens with two attached hydrogens (primary N) is 1. The molecule has 5 N–H and O–H groups in total. The smallest absolute Gasteiger partial charge is 0.319 e. The molecule has 180 valence electrons. The third-order valence-electron chi connectivity index (χ3n) is 5.30. The van der Waals surface area contributed by atoms with Crippen LogP contribution in [0.2, 0.25) is 0 Å². The van der Waals surface area contributed by atoms with E-state index < -0.39 is 18.0 Å². The number of nitrogens with one attached hydrogen (secondary N) is 3. The van der Waals surface area contributed by atoms with E-state index >= 15 is 0 Å². The monoisotopic (exact) mass is 578 g/mol. The molecule has 9 nitrogen and oxygen atoms in total. The Labute approximate surface area is 211 Å². The molecule has 0 unspecified atom stereocenters. The van der Waals surface area contributed by atoms with Gasteiger partial charge < -0.3 is 31.2 Å². The zero-order valence-electron chi connectivity index (χ0n) is 19.4.